The molecule has 0 saturated carbocycles. The fourth-order valence-electron chi connectivity index (χ4n) is 5.36. The maximum absolute atomic E-state index is 13.4. The minimum absolute atomic E-state index is 0.257. The summed E-state index contributed by atoms with van der Waals surface area (Å²) in [5, 5.41) is 15.2. The predicted octanol–water partition coefficient (Wildman–Crippen LogP) is 3.27. The minimum Gasteiger partial charge on any atom is -0.497 e. The van der Waals surface area contributed by atoms with Crippen molar-refractivity contribution in [3.8, 4) is 5.75 Å². The van der Waals surface area contributed by atoms with Crippen LogP contribution in [0.5, 0.6) is 5.75 Å². The van der Waals surface area contributed by atoms with E-state index in [1.165, 1.54) is 0 Å². The van der Waals surface area contributed by atoms with E-state index in [-0.39, 0.29) is 30.9 Å². The van der Waals surface area contributed by atoms with Crippen LogP contribution < -0.4 is 26.2 Å². The van der Waals surface area contributed by atoms with Crippen LogP contribution in [0.3, 0.4) is 0 Å². The first kappa shape index (κ1) is 30.1. The average Bonchev–Trinajstić information content (AvgIpc) is 3.45. The number of aromatic nitrogens is 3. The highest BCUT2D eigenvalue weighted by Crippen LogP contribution is 2.31. The molecule has 0 spiro atoms. The van der Waals surface area contributed by atoms with Gasteiger partial charge in [0.15, 0.2) is 5.65 Å². The summed E-state index contributed by atoms with van der Waals surface area (Å²) in [7, 11) is 7.50. The maximum Gasteiger partial charge on any atom is 0.251 e. The molecule has 0 aliphatic carbocycles. The van der Waals surface area contributed by atoms with Gasteiger partial charge in [-0.15, -0.1) is 0 Å². The average molecular weight is 580 g/mol. The Morgan fingerprint density at radius 3 is 2.44 bits per heavy atom. The van der Waals surface area contributed by atoms with Crippen molar-refractivity contribution in [3.63, 3.8) is 0 Å². The lowest BCUT2D eigenvalue weighted by Gasteiger charge is -2.26. The quantitative estimate of drug-likeness (QED) is 0.233. The molecule has 5 rings (SSSR count). The highest BCUT2D eigenvalue weighted by atomic mass is 16.5. The smallest absolute Gasteiger partial charge is 0.251 e. The van der Waals surface area contributed by atoms with E-state index in [4.69, 9.17) is 22.3 Å². The molecule has 1 saturated heterocycles. The highest BCUT2D eigenvalue weighted by Gasteiger charge is 2.22. The van der Waals surface area contributed by atoms with Gasteiger partial charge in [0.25, 0.3) is 11.8 Å². The number of nitrogens with zero attached hydrogens (tertiary/aromatic N) is 3. The molecule has 1 aliphatic rings. The van der Waals surface area contributed by atoms with E-state index in [2.05, 4.69) is 28.0 Å². The summed E-state index contributed by atoms with van der Waals surface area (Å²) in [6, 6.07) is 12.2. The molecular formula is C32H37BN6O4. The summed E-state index contributed by atoms with van der Waals surface area (Å²) in [4.78, 5) is 31.2. The van der Waals surface area contributed by atoms with Crippen LogP contribution in [0.2, 0.25) is 0 Å². The number of nitrogens with one attached hydrogen (secondary N) is 3. The van der Waals surface area contributed by atoms with Gasteiger partial charge in [0.1, 0.15) is 13.6 Å². The van der Waals surface area contributed by atoms with Gasteiger partial charge in [-0.2, -0.15) is 5.10 Å². The van der Waals surface area contributed by atoms with Crippen LogP contribution in [0.4, 0.5) is 5.69 Å². The molecule has 10 nitrogen and oxygen atoms in total. The topological polar surface area (TPSA) is 119 Å². The number of rotatable bonds is 11. The number of aryl methyl sites for hydroxylation is 2. The van der Waals surface area contributed by atoms with Gasteiger partial charge in [0, 0.05) is 61.3 Å². The molecule has 1 fully saturated rings. The van der Waals surface area contributed by atoms with Crippen molar-refractivity contribution >= 4 is 41.8 Å². The Labute approximate surface area is 253 Å². The third-order valence-corrected chi connectivity index (χ3v) is 7.67. The second kappa shape index (κ2) is 13.7. The van der Waals surface area contributed by atoms with Crippen LogP contribution in [0.15, 0.2) is 48.7 Å². The molecule has 0 unspecified atom stereocenters. The number of carbonyl (C=O) groups is 2. The number of pyridine rings is 1. The Balaban J connectivity index is 1.33. The van der Waals surface area contributed by atoms with Gasteiger partial charge in [0.05, 0.1) is 24.4 Å². The molecule has 2 radical (unpaired) electrons. The first-order valence-electron chi connectivity index (χ1n) is 14.7. The molecule has 11 heteroatoms. The summed E-state index contributed by atoms with van der Waals surface area (Å²) < 4.78 is 12.7. The van der Waals surface area contributed by atoms with Crippen molar-refractivity contribution < 1.29 is 19.1 Å². The van der Waals surface area contributed by atoms with Crippen molar-refractivity contribution in [1.82, 2.24) is 25.4 Å². The zero-order valence-electron chi connectivity index (χ0n) is 24.9. The second-order valence-electron chi connectivity index (χ2n) is 10.6. The molecule has 2 aromatic carbocycles. The molecule has 3 N–H and O–H groups in total. The number of anilines is 1. The van der Waals surface area contributed by atoms with Crippen LogP contribution in [-0.2, 0) is 30.8 Å². The number of hydrogen-bond acceptors (Lipinski definition) is 7. The largest absolute Gasteiger partial charge is 0.497 e. The standard InChI is InChI=1S/C32H37BN6O4/c1-4-28-26(29(37-24-9-11-43-12-10-24)27-19-36-39(5-2)30(27)38-28)18-35-32(41)22-8-6-7-21(15-22)31(40)34-17-20-13-23(33)16-25(14-20)42-3/h6-8,13-16,19,24H,4-5,9-12,17-18H2,1-3H3,(H,34,40)(H,35,41)(H,37,38). The Morgan fingerprint density at radius 2 is 1.77 bits per heavy atom. The SMILES string of the molecule is [B]c1cc(CNC(=O)c2cccc(C(=O)NCc3c(CC)nc4c(cnn4CC)c3NC3CCOCC3)c2)cc(OC)c1. The molecule has 222 valence electrons. The first-order chi connectivity index (χ1) is 20.9. The Kier molecular flexibility index (Phi) is 9.61. The third-order valence-electron chi connectivity index (χ3n) is 7.67. The monoisotopic (exact) mass is 580 g/mol. The minimum atomic E-state index is -0.296. The van der Waals surface area contributed by atoms with Crippen molar-refractivity contribution in [2.45, 2.75) is 58.8 Å². The molecule has 0 bridgehead atoms. The number of methoxy groups -OCH3 is 1. The van der Waals surface area contributed by atoms with E-state index in [1.807, 2.05) is 23.9 Å². The summed E-state index contributed by atoms with van der Waals surface area (Å²) in [5.74, 6) is 0.0438. The van der Waals surface area contributed by atoms with Gasteiger partial charge in [-0.25, -0.2) is 9.67 Å². The molecule has 4 aromatic rings. The lowest BCUT2D eigenvalue weighted by atomic mass is 9.94. The lowest BCUT2D eigenvalue weighted by Crippen LogP contribution is -2.30. The number of carbonyl (C=O) groups excluding carboxylic acids is 2. The van der Waals surface area contributed by atoms with Crippen LogP contribution in [0, 0.1) is 0 Å². The highest BCUT2D eigenvalue weighted by molar-refractivity contribution is 6.32. The Hall–Kier alpha value is -4.38. The molecule has 2 amide bonds. The van der Waals surface area contributed by atoms with Gasteiger partial charge >= 0.3 is 0 Å². The van der Waals surface area contributed by atoms with Gasteiger partial charge < -0.3 is 25.4 Å². The van der Waals surface area contributed by atoms with Crippen molar-refractivity contribution in [3.05, 3.63) is 76.6 Å². The van der Waals surface area contributed by atoms with E-state index in [1.54, 1.807) is 43.5 Å². The molecule has 3 heterocycles. The number of fused-ring (bicyclic) bond motifs is 1. The van der Waals surface area contributed by atoms with E-state index in [0.717, 1.165) is 46.4 Å². The second-order valence-corrected chi connectivity index (χ2v) is 10.6. The van der Waals surface area contributed by atoms with Gasteiger partial charge in [-0.3, -0.25) is 9.59 Å². The molecule has 1 aliphatic heterocycles. The van der Waals surface area contributed by atoms with Crippen molar-refractivity contribution in [1.29, 1.82) is 0 Å². The van der Waals surface area contributed by atoms with Crippen molar-refractivity contribution in [2.75, 3.05) is 25.6 Å². The fraction of sp³-hybridized carbons (Fsp3) is 0.375. The zero-order valence-corrected chi connectivity index (χ0v) is 24.9. The fourth-order valence-corrected chi connectivity index (χ4v) is 5.36. The van der Waals surface area contributed by atoms with E-state index in [0.29, 0.717) is 48.5 Å². The third kappa shape index (κ3) is 6.99. The van der Waals surface area contributed by atoms with Gasteiger partial charge in [-0.1, -0.05) is 24.5 Å². The Bertz CT molecular complexity index is 1620. The molecular weight excluding hydrogens is 543 g/mol. The summed E-state index contributed by atoms with van der Waals surface area (Å²) in [6.07, 6.45) is 4.35. The lowest BCUT2D eigenvalue weighted by molar-refractivity contribution is 0.0904. The number of hydrogen-bond donors (Lipinski definition) is 3. The van der Waals surface area contributed by atoms with Gasteiger partial charge in [-0.05, 0) is 62.1 Å². The van der Waals surface area contributed by atoms with Crippen LogP contribution >= 0.6 is 0 Å². The summed E-state index contributed by atoms with van der Waals surface area (Å²) in [5.41, 5.74) is 5.78. The van der Waals surface area contributed by atoms with E-state index >= 15 is 0 Å². The Morgan fingerprint density at radius 1 is 1.05 bits per heavy atom. The number of ether oxygens (including phenoxy) is 2. The van der Waals surface area contributed by atoms with Crippen LogP contribution in [-0.4, -0.2) is 60.8 Å². The maximum atomic E-state index is 13.4. The zero-order chi connectivity index (χ0) is 30.3. The normalized spacial score (nSPS) is 13.6. The molecule has 0 atom stereocenters. The molecule has 2 aromatic heterocycles. The predicted molar refractivity (Wildman–Crippen MR) is 167 cm³/mol. The first-order valence-corrected chi connectivity index (χ1v) is 14.7. The number of benzene rings is 2. The van der Waals surface area contributed by atoms with Gasteiger partial charge in [0.2, 0.25) is 0 Å². The van der Waals surface area contributed by atoms with E-state index < -0.39 is 0 Å². The summed E-state index contributed by atoms with van der Waals surface area (Å²) >= 11 is 0. The summed E-state index contributed by atoms with van der Waals surface area (Å²) in [6.45, 7) is 6.79. The molecule has 43 heavy (non-hydrogen) atoms. The van der Waals surface area contributed by atoms with Crippen LogP contribution in [0.1, 0.15) is 64.2 Å². The van der Waals surface area contributed by atoms with Crippen LogP contribution in [0.25, 0.3) is 11.0 Å². The van der Waals surface area contributed by atoms with E-state index in [9.17, 15) is 9.59 Å². The van der Waals surface area contributed by atoms with Crippen molar-refractivity contribution in [2.24, 2.45) is 0 Å². The number of amides is 2.